The molecule has 0 unspecified atom stereocenters. The largest absolute Gasteiger partial charge is 0.369 e. The van der Waals surface area contributed by atoms with Crippen LogP contribution in [0.5, 0.6) is 0 Å². The third kappa shape index (κ3) is 2.84. The Bertz CT molecular complexity index is 402. The number of amides is 1. The fourth-order valence-electron chi connectivity index (χ4n) is 1.61. The summed E-state index contributed by atoms with van der Waals surface area (Å²) < 4.78 is 5.19. The number of methoxy groups -OCH3 is 1. The SMILES string of the molecule is COC(C)(C)C(=O)N(C)c1ccccc1CN. The van der Waals surface area contributed by atoms with Gasteiger partial charge in [0, 0.05) is 26.4 Å². The highest BCUT2D eigenvalue weighted by atomic mass is 16.5. The molecule has 0 fully saturated rings. The zero-order chi connectivity index (χ0) is 13.1. The van der Waals surface area contributed by atoms with Gasteiger partial charge in [0.1, 0.15) is 5.60 Å². The van der Waals surface area contributed by atoms with E-state index in [1.165, 1.54) is 7.11 Å². The zero-order valence-corrected chi connectivity index (χ0v) is 10.9. The molecular weight excluding hydrogens is 216 g/mol. The summed E-state index contributed by atoms with van der Waals surface area (Å²) in [7, 11) is 3.26. The van der Waals surface area contributed by atoms with Crippen LogP contribution in [0.15, 0.2) is 24.3 Å². The minimum Gasteiger partial charge on any atom is -0.369 e. The van der Waals surface area contributed by atoms with Crippen molar-refractivity contribution in [3.63, 3.8) is 0 Å². The molecule has 2 N–H and O–H groups in total. The Labute approximate surface area is 102 Å². The molecule has 0 bridgehead atoms. The van der Waals surface area contributed by atoms with Crippen LogP contribution in [0.3, 0.4) is 0 Å². The van der Waals surface area contributed by atoms with E-state index in [1.54, 1.807) is 25.8 Å². The Morgan fingerprint density at radius 2 is 2.00 bits per heavy atom. The van der Waals surface area contributed by atoms with Crippen LogP contribution in [0.4, 0.5) is 5.69 Å². The number of rotatable bonds is 4. The lowest BCUT2D eigenvalue weighted by Crippen LogP contribution is -2.45. The van der Waals surface area contributed by atoms with Crippen molar-refractivity contribution in [2.75, 3.05) is 19.1 Å². The van der Waals surface area contributed by atoms with Gasteiger partial charge in [-0.25, -0.2) is 0 Å². The van der Waals surface area contributed by atoms with E-state index in [-0.39, 0.29) is 5.91 Å². The van der Waals surface area contributed by atoms with Gasteiger partial charge in [0.2, 0.25) is 0 Å². The van der Waals surface area contributed by atoms with Gasteiger partial charge >= 0.3 is 0 Å². The van der Waals surface area contributed by atoms with Crippen LogP contribution in [-0.4, -0.2) is 25.7 Å². The first-order valence-corrected chi connectivity index (χ1v) is 5.55. The van der Waals surface area contributed by atoms with Crippen LogP contribution >= 0.6 is 0 Å². The lowest BCUT2D eigenvalue weighted by atomic mass is 10.1. The number of carbonyl (C=O) groups is 1. The van der Waals surface area contributed by atoms with E-state index >= 15 is 0 Å². The van der Waals surface area contributed by atoms with Crippen molar-refractivity contribution in [3.8, 4) is 0 Å². The van der Waals surface area contributed by atoms with E-state index in [9.17, 15) is 4.79 Å². The first-order chi connectivity index (χ1) is 7.94. The molecule has 94 valence electrons. The number of hydrogen-bond donors (Lipinski definition) is 1. The average Bonchev–Trinajstić information content (AvgIpc) is 2.36. The molecule has 0 heterocycles. The Morgan fingerprint density at radius 1 is 1.41 bits per heavy atom. The van der Waals surface area contributed by atoms with Crippen molar-refractivity contribution < 1.29 is 9.53 Å². The molecule has 0 aliphatic rings. The quantitative estimate of drug-likeness (QED) is 0.862. The van der Waals surface area contributed by atoms with Crippen LogP contribution in [0, 0.1) is 0 Å². The third-order valence-corrected chi connectivity index (χ3v) is 2.90. The van der Waals surface area contributed by atoms with Gasteiger partial charge in [-0.05, 0) is 25.5 Å². The number of hydrogen-bond acceptors (Lipinski definition) is 3. The number of nitrogens with two attached hydrogens (primary N) is 1. The highest BCUT2D eigenvalue weighted by Gasteiger charge is 2.31. The predicted molar refractivity (Wildman–Crippen MR) is 68.8 cm³/mol. The molecule has 1 amide bonds. The molecule has 1 aromatic rings. The maximum Gasteiger partial charge on any atom is 0.258 e. The molecule has 0 saturated carbocycles. The van der Waals surface area contributed by atoms with Crippen LogP contribution in [0.1, 0.15) is 19.4 Å². The van der Waals surface area contributed by atoms with Gasteiger partial charge < -0.3 is 15.4 Å². The molecule has 4 heteroatoms. The highest BCUT2D eigenvalue weighted by Crippen LogP contribution is 2.22. The highest BCUT2D eigenvalue weighted by molar-refractivity contribution is 5.99. The lowest BCUT2D eigenvalue weighted by Gasteiger charge is -2.29. The molecule has 0 radical (unpaired) electrons. The molecule has 0 atom stereocenters. The minimum atomic E-state index is -0.837. The first-order valence-electron chi connectivity index (χ1n) is 5.55. The van der Waals surface area contributed by atoms with Crippen molar-refractivity contribution >= 4 is 11.6 Å². The molecule has 0 saturated heterocycles. The van der Waals surface area contributed by atoms with Gasteiger partial charge in [-0.15, -0.1) is 0 Å². The van der Waals surface area contributed by atoms with Gasteiger partial charge in [-0.2, -0.15) is 0 Å². The summed E-state index contributed by atoms with van der Waals surface area (Å²) in [6, 6.07) is 7.59. The summed E-state index contributed by atoms with van der Waals surface area (Å²) in [6.45, 7) is 3.90. The fraction of sp³-hybridized carbons (Fsp3) is 0.462. The van der Waals surface area contributed by atoms with Crippen molar-refractivity contribution in [1.29, 1.82) is 0 Å². The molecule has 1 aromatic carbocycles. The standard InChI is InChI=1S/C13H20N2O2/c1-13(2,17-4)12(16)15(3)11-8-6-5-7-10(11)9-14/h5-8H,9,14H2,1-4H3. The summed E-state index contributed by atoms with van der Waals surface area (Å²) in [5.74, 6) is -0.0964. The topological polar surface area (TPSA) is 55.6 Å². The van der Waals surface area contributed by atoms with E-state index < -0.39 is 5.60 Å². The van der Waals surface area contributed by atoms with Gasteiger partial charge in [0.25, 0.3) is 5.91 Å². The number of benzene rings is 1. The van der Waals surface area contributed by atoms with Crippen molar-refractivity contribution in [1.82, 2.24) is 0 Å². The van der Waals surface area contributed by atoms with Gasteiger partial charge in [0.15, 0.2) is 0 Å². The number of ether oxygens (including phenoxy) is 1. The van der Waals surface area contributed by atoms with Crippen LogP contribution < -0.4 is 10.6 Å². The summed E-state index contributed by atoms with van der Waals surface area (Å²) in [5.41, 5.74) is 6.59. The molecule has 0 aliphatic carbocycles. The first kappa shape index (κ1) is 13.7. The number of likely N-dealkylation sites (N-methyl/N-ethyl adjacent to an activating group) is 1. The van der Waals surface area contributed by atoms with Crippen molar-refractivity contribution in [2.45, 2.75) is 26.0 Å². The maximum atomic E-state index is 12.2. The summed E-state index contributed by atoms with van der Waals surface area (Å²) >= 11 is 0. The Kier molecular flexibility index (Phi) is 4.26. The van der Waals surface area contributed by atoms with Crippen LogP contribution in [-0.2, 0) is 16.1 Å². The molecule has 0 aromatic heterocycles. The van der Waals surface area contributed by atoms with E-state index in [2.05, 4.69) is 0 Å². The number of nitrogens with zero attached hydrogens (tertiary/aromatic N) is 1. The van der Waals surface area contributed by atoms with Crippen LogP contribution in [0.25, 0.3) is 0 Å². The van der Waals surface area contributed by atoms with E-state index in [4.69, 9.17) is 10.5 Å². The Balaban J connectivity index is 3.04. The van der Waals surface area contributed by atoms with Crippen molar-refractivity contribution in [2.24, 2.45) is 5.73 Å². The lowest BCUT2D eigenvalue weighted by molar-refractivity contribution is -0.136. The summed E-state index contributed by atoms with van der Waals surface area (Å²) in [6.07, 6.45) is 0. The van der Waals surface area contributed by atoms with Crippen LogP contribution in [0.2, 0.25) is 0 Å². The maximum absolute atomic E-state index is 12.2. The predicted octanol–water partition coefficient (Wildman–Crippen LogP) is 1.53. The van der Waals surface area contributed by atoms with Gasteiger partial charge in [-0.1, -0.05) is 18.2 Å². The second-order valence-electron chi connectivity index (χ2n) is 4.41. The smallest absolute Gasteiger partial charge is 0.258 e. The van der Waals surface area contributed by atoms with Crippen molar-refractivity contribution in [3.05, 3.63) is 29.8 Å². The van der Waals surface area contributed by atoms with E-state index in [0.29, 0.717) is 6.54 Å². The van der Waals surface area contributed by atoms with Gasteiger partial charge in [0.05, 0.1) is 0 Å². The summed E-state index contributed by atoms with van der Waals surface area (Å²) in [4.78, 5) is 13.8. The molecule has 0 aliphatic heterocycles. The fourth-order valence-corrected chi connectivity index (χ4v) is 1.61. The summed E-state index contributed by atoms with van der Waals surface area (Å²) in [5, 5.41) is 0. The Morgan fingerprint density at radius 3 is 2.53 bits per heavy atom. The molecule has 17 heavy (non-hydrogen) atoms. The van der Waals surface area contributed by atoms with E-state index in [0.717, 1.165) is 11.3 Å². The second kappa shape index (κ2) is 5.29. The van der Waals surface area contributed by atoms with E-state index in [1.807, 2.05) is 24.3 Å². The monoisotopic (exact) mass is 236 g/mol. The molecule has 4 nitrogen and oxygen atoms in total. The number of carbonyl (C=O) groups excluding carboxylic acids is 1. The number of anilines is 1. The third-order valence-electron chi connectivity index (χ3n) is 2.90. The minimum absolute atomic E-state index is 0.0964. The normalized spacial score (nSPS) is 11.4. The molecule has 0 spiro atoms. The molecule has 1 rings (SSSR count). The van der Waals surface area contributed by atoms with Gasteiger partial charge in [-0.3, -0.25) is 4.79 Å². The average molecular weight is 236 g/mol. The Hall–Kier alpha value is -1.39. The second-order valence-corrected chi connectivity index (χ2v) is 4.41. The number of para-hydroxylation sites is 1. The zero-order valence-electron chi connectivity index (χ0n) is 10.9. The molecular formula is C13H20N2O2.